The summed E-state index contributed by atoms with van der Waals surface area (Å²) in [6.45, 7) is 0. The molecule has 12 rings (SSSR count). The molecule has 6 nitrogen and oxygen atoms in total. The molecule has 0 fully saturated rings. The Bertz CT molecular complexity index is 3430. The molecule has 0 aliphatic rings. The van der Waals surface area contributed by atoms with Crippen molar-refractivity contribution in [2.45, 2.75) is 0 Å². The quantitative estimate of drug-likeness (QED) is 0.182. The van der Waals surface area contributed by atoms with E-state index in [0.717, 1.165) is 77.0 Å². The standard InChI is InChI=1S/C49H28N4O2/c1-2-12-29(13-3-1)47-50-48(30-22-25-32(26-23-30)53-39-19-9-6-14-33(39)34-15-7-10-20-40(34)53)52-49(51-47)31-24-27-38-42(28-31)55-46-43(38)35-16-4-5-17-36(35)45-44(46)37-18-8-11-21-41(37)54-45/h1-28H. The number of benzene rings is 8. The van der Waals surface area contributed by atoms with Gasteiger partial charge in [0.1, 0.15) is 22.3 Å². The molecule has 0 amide bonds. The number of hydrogen-bond acceptors (Lipinski definition) is 5. The van der Waals surface area contributed by atoms with E-state index in [-0.39, 0.29) is 0 Å². The topological polar surface area (TPSA) is 69.9 Å². The molecule has 12 aromatic rings. The van der Waals surface area contributed by atoms with Crippen LogP contribution in [0.5, 0.6) is 0 Å². The van der Waals surface area contributed by atoms with Crippen molar-refractivity contribution < 1.29 is 8.83 Å². The molecule has 0 spiro atoms. The van der Waals surface area contributed by atoms with Crippen LogP contribution in [0.4, 0.5) is 0 Å². The van der Waals surface area contributed by atoms with Crippen LogP contribution in [0.15, 0.2) is 179 Å². The van der Waals surface area contributed by atoms with E-state index in [2.05, 4.69) is 126 Å². The maximum Gasteiger partial charge on any atom is 0.164 e. The van der Waals surface area contributed by atoms with Crippen LogP contribution in [-0.4, -0.2) is 19.5 Å². The Morgan fingerprint density at radius 3 is 1.56 bits per heavy atom. The van der Waals surface area contributed by atoms with E-state index in [9.17, 15) is 0 Å². The summed E-state index contributed by atoms with van der Waals surface area (Å²) in [6, 6.07) is 58.5. The second-order valence-electron chi connectivity index (χ2n) is 14.0. The fourth-order valence-corrected chi connectivity index (χ4v) is 8.35. The van der Waals surface area contributed by atoms with Gasteiger partial charge in [0.15, 0.2) is 17.5 Å². The van der Waals surface area contributed by atoms with Crippen molar-refractivity contribution in [3.63, 3.8) is 0 Å². The monoisotopic (exact) mass is 704 g/mol. The Hall–Kier alpha value is -7.57. The number of rotatable bonds is 4. The summed E-state index contributed by atoms with van der Waals surface area (Å²) in [5.41, 5.74) is 9.31. The summed E-state index contributed by atoms with van der Waals surface area (Å²) in [6.07, 6.45) is 0. The lowest BCUT2D eigenvalue weighted by Gasteiger charge is -2.11. The van der Waals surface area contributed by atoms with Crippen molar-refractivity contribution in [2.24, 2.45) is 0 Å². The van der Waals surface area contributed by atoms with E-state index in [1.165, 1.54) is 21.8 Å². The molecule has 0 aliphatic carbocycles. The van der Waals surface area contributed by atoms with Crippen molar-refractivity contribution in [3.05, 3.63) is 170 Å². The van der Waals surface area contributed by atoms with Crippen LogP contribution in [0.25, 0.3) is 116 Å². The zero-order valence-electron chi connectivity index (χ0n) is 29.3. The van der Waals surface area contributed by atoms with Gasteiger partial charge in [-0.1, -0.05) is 115 Å². The lowest BCUT2D eigenvalue weighted by molar-refractivity contribution is 0.665. The fourth-order valence-electron chi connectivity index (χ4n) is 8.35. The van der Waals surface area contributed by atoms with Gasteiger partial charge in [0, 0.05) is 54.7 Å². The molecule has 0 radical (unpaired) electrons. The van der Waals surface area contributed by atoms with Crippen LogP contribution >= 0.6 is 0 Å². The Kier molecular flexibility index (Phi) is 6.24. The van der Waals surface area contributed by atoms with Gasteiger partial charge in [-0.15, -0.1) is 0 Å². The predicted molar refractivity (Wildman–Crippen MR) is 223 cm³/mol. The fraction of sp³-hybridized carbons (Fsp3) is 0. The zero-order chi connectivity index (χ0) is 36.0. The largest absolute Gasteiger partial charge is 0.455 e. The van der Waals surface area contributed by atoms with Gasteiger partial charge in [-0.25, -0.2) is 15.0 Å². The number of nitrogens with zero attached hydrogens (tertiary/aromatic N) is 4. The van der Waals surface area contributed by atoms with Crippen LogP contribution in [-0.2, 0) is 0 Å². The summed E-state index contributed by atoms with van der Waals surface area (Å²) < 4.78 is 15.6. The van der Waals surface area contributed by atoms with Crippen LogP contribution < -0.4 is 0 Å². The number of para-hydroxylation sites is 3. The van der Waals surface area contributed by atoms with Crippen molar-refractivity contribution in [3.8, 4) is 39.9 Å². The predicted octanol–water partition coefficient (Wildman–Crippen LogP) is 12.9. The van der Waals surface area contributed by atoms with Gasteiger partial charge in [-0.2, -0.15) is 0 Å². The molecule has 55 heavy (non-hydrogen) atoms. The van der Waals surface area contributed by atoms with E-state index in [0.29, 0.717) is 17.5 Å². The third kappa shape index (κ3) is 4.46. The molecule has 0 N–H and O–H groups in total. The first-order chi connectivity index (χ1) is 27.3. The highest BCUT2D eigenvalue weighted by Crippen LogP contribution is 2.45. The van der Waals surface area contributed by atoms with E-state index in [1.807, 2.05) is 48.5 Å². The molecule has 4 heterocycles. The first-order valence-electron chi connectivity index (χ1n) is 18.4. The molecule has 256 valence electrons. The highest BCUT2D eigenvalue weighted by atomic mass is 16.3. The van der Waals surface area contributed by atoms with Gasteiger partial charge in [-0.05, 0) is 60.0 Å². The number of aromatic nitrogens is 4. The summed E-state index contributed by atoms with van der Waals surface area (Å²) in [7, 11) is 0. The molecule has 6 heteroatoms. The first kappa shape index (κ1) is 29.9. The Morgan fingerprint density at radius 2 is 0.855 bits per heavy atom. The smallest absolute Gasteiger partial charge is 0.164 e. The number of furan rings is 2. The lowest BCUT2D eigenvalue weighted by Crippen LogP contribution is -2.00. The molecule has 4 aromatic heterocycles. The van der Waals surface area contributed by atoms with E-state index < -0.39 is 0 Å². The van der Waals surface area contributed by atoms with E-state index in [1.54, 1.807) is 0 Å². The minimum absolute atomic E-state index is 0.571. The van der Waals surface area contributed by atoms with Crippen molar-refractivity contribution in [1.29, 1.82) is 0 Å². The van der Waals surface area contributed by atoms with Gasteiger partial charge in [0.05, 0.1) is 16.4 Å². The van der Waals surface area contributed by atoms with E-state index in [4.69, 9.17) is 23.8 Å². The van der Waals surface area contributed by atoms with Gasteiger partial charge in [-0.3, -0.25) is 0 Å². The first-order valence-corrected chi connectivity index (χ1v) is 18.4. The summed E-state index contributed by atoms with van der Waals surface area (Å²) in [5, 5.41) is 8.73. The van der Waals surface area contributed by atoms with Crippen molar-refractivity contribution in [2.75, 3.05) is 0 Å². The second-order valence-corrected chi connectivity index (χ2v) is 14.0. The van der Waals surface area contributed by atoms with Crippen LogP contribution in [0.2, 0.25) is 0 Å². The molecule has 0 saturated carbocycles. The average molecular weight is 705 g/mol. The van der Waals surface area contributed by atoms with Gasteiger partial charge < -0.3 is 13.4 Å². The minimum atomic E-state index is 0.571. The summed E-state index contributed by atoms with van der Waals surface area (Å²) >= 11 is 0. The average Bonchev–Trinajstić information content (AvgIpc) is 3.94. The molecule has 0 bridgehead atoms. The van der Waals surface area contributed by atoms with Crippen LogP contribution in [0, 0.1) is 0 Å². The molecule has 0 unspecified atom stereocenters. The van der Waals surface area contributed by atoms with Crippen LogP contribution in [0.1, 0.15) is 0 Å². The normalized spacial score (nSPS) is 12.0. The molecule has 0 aliphatic heterocycles. The molecular weight excluding hydrogens is 677 g/mol. The van der Waals surface area contributed by atoms with Gasteiger partial charge in [0.25, 0.3) is 0 Å². The maximum absolute atomic E-state index is 6.81. The van der Waals surface area contributed by atoms with Crippen molar-refractivity contribution in [1.82, 2.24) is 19.5 Å². The highest BCUT2D eigenvalue weighted by Gasteiger charge is 2.22. The zero-order valence-corrected chi connectivity index (χ0v) is 29.3. The number of hydrogen-bond donors (Lipinski definition) is 0. The van der Waals surface area contributed by atoms with Gasteiger partial charge >= 0.3 is 0 Å². The number of fused-ring (bicyclic) bond motifs is 13. The maximum atomic E-state index is 6.81. The third-order valence-electron chi connectivity index (χ3n) is 10.8. The second kappa shape index (κ2) is 11.5. The van der Waals surface area contributed by atoms with E-state index >= 15 is 0 Å². The molecular formula is C49H28N4O2. The molecule has 0 saturated heterocycles. The van der Waals surface area contributed by atoms with Gasteiger partial charge in [0.2, 0.25) is 0 Å². The third-order valence-corrected chi connectivity index (χ3v) is 10.8. The SMILES string of the molecule is c1ccc(-c2nc(-c3ccc(-n4c5ccccc5c5ccccc54)cc3)nc(-c3ccc4c(c3)oc3c4c4ccccc4c4oc5ccccc5c43)n2)cc1. The Labute approximate surface area is 313 Å². The molecule has 8 aromatic carbocycles. The molecule has 0 atom stereocenters. The lowest BCUT2D eigenvalue weighted by atomic mass is 9.99. The summed E-state index contributed by atoms with van der Waals surface area (Å²) in [5.74, 6) is 1.77. The summed E-state index contributed by atoms with van der Waals surface area (Å²) in [4.78, 5) is 15.2. The van der Waals surface area contributed by atoms with Crippen molar-refractivity contribution >= 4 is 76.5 Å². The Balaban J connectivity index is 1.03. The minimum Gasteiger partial charge on any atom is -0.455 e. The Morgan fingerprint density at radius 1 is 0.345 bits per heavy atom. The highest BCUT2D eigenvalue weighted by molar-refractivity contribution is 6.33. The van der Waals surface area contributed by atoms with Crippen LogP contribution in [0.3, 0.4) is 0 Å².